The molecular formula is C18H19N3OS. The molecule has 118 valence electrons. The van der Waals surface area contributed by atoms with Crippen molar-refractivity contribution < 1.29 is 4.79 Å². The van der Waals surface area contributed by atoms with E-state index in [2.05, 4.69) is 10.3 Å². The van der Waals surface area contributed by atoms with Gasteiger partial charge in [0.15, 0.2) is 4.96 Å². The molecule has 1 aliphatic carbocycles. The minimum absolute atomic E-state index is 0.132. The maximum absolute atomic E-state index is 12.1. The Morgan fingerprint density at radius 1 is 1.26 bits per heavy atom. The van der Waals surface area contributed by atoms with Gasteiger partial charge in [0, 0.05) is 35.4 Å². The highest BCUT2D eigenvalue weighted by Gasteiger charge is 2.18. The van der Waals surface area contributed by atoms with Crippen molar-refractivity contribution in [2.75, 3.05) is 5.32 Å². The maximum atomic E-state index is 12.1. The van der Waals surface area contributed by atoms with Crippen molar-refractivity contribution in [2.45, 2.75) is 32.1 Å². The first-order valence-corrected chi connectivity index (χ1v) is 8.98. The third-order valence-electron chi connectivity index (χ3n) is 4.51. The van der Waals surface area contributed by atoms with Crippen molar-refractivity contribution in [3.8, 4) is 11.3 Å². The van der Waals surface area contributed by atoms with Crippen LogP contribution in [0.25, 0.3) is 16.2 Å². The Morgan fingerprint density at radius 3 is 2.78 bits per heavy atom. The molecule has 0 spiro atoms. The summed E-state index contributed by atoms with van der Waals surface area (Å²) in [6.07, 6.45) is 9.63. The summed E-state index contributed by atoms with van der Waals surface area (Å²) in [4.78, 5) is 17.7. The predicted molar refractivity (Wildman–Crippen MR) is 93.7 cm³/mol. The number of carbonyl (C=O) groups excluding carboxylic acids is 1. The van der Waals surface area contributed by atoms with Crippen LogP contribution in [0.2, 0.25) is 0 Å². The number of thiazole rings is 1. The molecule has 1 aliphatic rings. The normalized spacial score (nSPS) is 15.3. The number of aromatic nitrogens is 2. The molecule has 0 aliphatic heterocycles. The smallest absolute Gasteiger partial charge is 0.224 e. The van der Waals surface area contributed by atoms with Crippen LogP contribution in [0.4, 0.5) is 5.69 Å². The van der Waals surface area contributed by atoms with E-state index in [0.29, 0.717) is 12.3 Å². The van der Waals surface area contributed by atoms with Crippen LogP contribution in [0, 0.1) is 5.92 Å². The van der Waals surface area contributed by atoms with Gasteiger partial charge in [-0.05, 0) is 30.9 Å². The third-order valence-corrected chi connectivity index (χ3v) is 5.28. The van der Waals surface area contributed by atoms with Gasteiger partial charge in [-0.25, -0.2) is 4.98 Å². The Morgan fingerprint density at radius 2 is 2.04 bits per heavy atom. The number of nitrogens with one attached hydrogen (secondary N) is 1. The van der Waals surface area contributed by atoms with Gasteiger partial charge in [-0.2, -0.15) is 0 Å². The third kappa shape index (κ3) is 3.15. The minimum Gasteiger partial charge on any atom is -0.326 e. The van der Waals surface area contributed by atoms with Crippen LogP contribution < -0.4 is 5.32 Å². The molecule has 4 rings (SSSR count). The molecule has 0 unspecified atom stereocenters. The zero-order valence-corrected chi connectivity index (χ0v) is 13.7. The summed E-state index contributed by atoms with van der Waals surface area (Å²) < 4.78 is 2.03. The number of hydrogen-bond donors (Lipinski definition) is 1. The molecule has 1 aromatic carbocycles. The molecule has 1 saturated carbocycles. The van der Waals surface area contributed by atoms with Gasteiger partial charge in [0.25, 0.3) is 0 Å². The Kier molecular flexibility index (Phi) is 3.87. The van der Waals surface area contributed by atoms with Crippen molar-refractivity contribution >= 4 is 27.9 Å². The minimum atomic E-state index is 0.132. The molecule has 3 aromatic rings. The lowest BCUT2D eigenvalue weighted by molar-refractivity contribution is -0.117. The lowest BCUT2D eigenvalue weighted by atomic mass is 10.0. The monoisotopic (exact) mass is 325 g/mol. The van der Waals surface area contributed by atoms with E-state index in [1.165, 1.54) is 25.7 Å². The zero-order valence-electron chi connectivity index (χ0n) is 12.9. The highest BCUT2D eigenvalue weighted by atomic mass is 32.1. The van der Waals surface area contributed by atoms with Gasteiger partial charge < -0.3 is 5.32 Å². The average Bonchev–Trinajstić information content (AvgIpc) is 3.24. The molecule has 23 heavy (non-hydrogen) atoms. The largest absolute Gasteiger partial charge is 0.326 e. The Balaban J connectivity index is 1.43. The molecular weight excluding hydrogens is 306 g/mol. The van der Waals surface area contributed by atoms with E-state index in [4.69, 9.17) is 0 Å². The second kappa shape index (κ2) is 6.16. The topological polar surface area (TPSA) is 46.4 Å². The summed E-state index contributed by atoms with van der Waals surface area (Å²) in [6.45, 7) is 0. The van der Waals surface area contributed by atoms with E-state index in [9.17, 15) is 4.79 Å². The summed E-state index contributed by atoms with van der Waals surface area (Å²) in [5.74, 6) is 0.708. The Labute approximate surface area is 139 Å². The molecule has 0 radical (unpaired) electrons. The molecule has 1 fully saturated rings. The van der Waals surface area contributed by atoms with Gasteiger partial charge in [0.1, 0.15) is 0 Å². The first-order chi connectivity index (χ1) is 11.3. The van der Waals surface area contributed by atoms with E-state index < -0.39 is 0 Å². The van der Waals surface area contributed by atoms with Crippen molar-refractivity contribution in [1.82, 2.24) is 9.38 Å². The number of imidazole rings is 1. The lowest BCUT2D eigenvalue weighted by Crippen LogP contribution is -2.14. The van der Waals surface area contributed by atoms with Gasteiger partial charge in [-0.1, -0.05) is 25.0 Å². The quantitative estimate of drug-likeness (QED) is 0.763. The molecule has 4 nitrogen and oxygen atoms in total. The van der Waals surface area contributed by atoms with Crippen LogP contribution in [0.15, 0.2) is 42.0 Å². The fourth-order valence-corrected chi connectivity index (χ4v) is 3.98. The highest BCUT2D eigenvalue weighted by Crippen LogP contribution is 2.28. The summed E-state index contributed by atoms with van der Waals surface area (Å²) >= 11 is 1.62. The molecule has 5 heteroatoms. The summed E-state index contributed by atoms with van der Waals surface area (Å²) in [7, 11) is 0. The maximum Gasteiger partial charge on any atom is 0.224 e. The lowest BCUT2D eigenvalue weighted by Gasteiger charge is -2.09. The molecule has 0 bridgehead atoms. The number of anilines is 1. The molecule has 0 atom stereocenters. The van der Waals surface area contributed by atoms with Crippen LogP contribution >= 0.6 is 11.3 Å². The van der Waals surface area contributed by atoms with Crippen LogP contribution in [-0.4, -0.2) is 15.3 Å². The van der Waals surface area contributed by atoms with Crippen LogP contribution in [0.1, 0.15) is 32.1 Å². The van der Waals surface area contributed by atoms with Crippen LogP contribution in [-0.2, 0) is 4.79 Å². The fraction of sp³-hybridized carbons (Fsp3) is 0.333. The molecule has 1 N–H and O–H groups in total. The summed E-state index contributed by atoms with van der Waals surface area (Å²) in [5.41, 5.74) is 2.88. The first-order valence-electron chi connectivity index (χ1n) is 8.10. The van der Waals surface area contributed by atoms with Crippen LogP contribution in [0.5, 0.6) is 0 Å². The van der Waals surface area contributed by atoms with Gasteiger partial charge in [-0.15, -0.1) is 11.3 Å². The van der Waals surface area contributed by atoms with E-state index in [1.54, 1.807) is 11.3 Å². The van der Waals surface area contributed by atoms with Crippen molar-refractivity contribution in [3.05, 3.63) is 42.0 Å². The Hall–Kier alpha value is -2.14. The van der Waals surface area contributed by atoms with Gasteiger partial charge in [0.2, 0.25) is 5.91 Å². The summed E-state index contributed by atoms with van der Waals surface area (Å²) in [6, 6.07) is 7.93. The Bertz CT molecular complexity index is 784. The number of benzene rings is 1. The molecule has 2 heterocycles. The predicted octanol–water partition coefficient (Wildman–Crippen LogP) is 4.58. The molecule has 1 amide bonds. The average molecular weight is 325 g/mol. The van der Waals surface area contributed by atoms with Crippen molar-refractivity contribution in [3.63, 3.8) is 0 Å². The number of carbonyl (C=O) groups is 1. The standard InChI is InChI=1S/C18H19N3OS/c22-17(11-13-3-1-2-4-13)19-15-7-5-14(6-8-15)16-12-21-9-10-23-18(21)20-16/h5-10,12-13H,1-4,11H2,(H,19,22). The number of hydrogen-bond acceptors (Lipinski definition) is 3. The van der Waals surface area contributed by atoms with E-state index >= 15 is 0 Å². The number of nitrogens with zero attached hydrogens (tertiary/aromatic N) is 2. The fourth-order valence-electron chi connectivity index (χ4n) is 3.28. The highest BCUT2D eigenvalue weighted by molar-refractivity contribution is 7.15. The molecule has 0 saturated heterocycles. The summed E-state index contributed by atoms with van der Waals surface area (Å²) in [5, 5.41) is 5.03. The van der Waals surface area contributed by atoms with Crippen molar-refractivity contribution in [2.24, 2.45) is 5.92 Å². The van der Waals surface area contributed by atoms with E-state index in [-0.39, 0.29) is 5.91 Å². The molecule has 2 aromatic heterocycles. The zero-order chi connectivity index (χ0) is 15.6. The van der Waals surface area contributed by atoms with Gasteiger partial charge >= 0.3 is 0 Å². The first kappa shape index (κ1) is 14.5. The number of rotatable bonds is 4. The van der Waals surface area contributed by atoms with Gasteiger partial charge in [-0.3, -0.25) is 9.20 Å². The second-order valence-electron chi connectivity index (χ2n) is 6.20. The van der Waals surface area contributed by atoms with Crippen molar-refractivity contribution in [1.29, 1.82) is 0 Å². The second-order valence-corrected chi connectivity index (χ2v) is 7.07. The van der Waals surface area contributed by atoms with E-state index in [0.717, 1.165) is 21.9 Å². The van der Waals surface area contributed by atoms with E-state index in [1.807, 2.05) is 46.4 Å². The number of fused-ring (bicyclic) bond motifs is 1. The SMILES string of the molecule is O=C(CC1CCCC1)Nc1ccc(-c2cn3ccsc3n2)cc1. The van der Waals surface area contributed by atoms with Crippen LogP contribution in [0.3, 0.4) is 0 Å². The van der Waals surface area contributed by atoms with Gasteiger partial charge in [0.05, 0.1) is 5.69 Å². The number of amides is 1.